The van der Waals surface area contributed by atoms with Crippen molar-refractivity contribution in [2.24, 2.45) is 5.14 Å². The maximum atomic E-state index is 12.8. The molecule has 8 nitrogen and oxygen atoms in total. The maximum absolute atomic E-state index is 12.8. The standard InChI is InChI=1S/C21H25N3O5S/c1-14(16-7-6-8-17(13-16)30(22,27)28)23(3)20(25)11-12-24-18-9-4-5-10-19(18)29-15(2)21(24)26/h4-10,13-15H,11-12H2,1-3H3,(H2,22,27,28). The highest BCUT2D eigenvalue weighted by Gasteiger charge is 2.31. The van der Waals surface area contributed by atoms with E-state index in [0.29, 0.717) is 17.0 Å². The number of sulfonamides is 1. The molecular formula is C21H25N3O5S. The lowest BCUT2D eigenvalue weighted by Gasteiger charge is -2.33. The summed E-state index contributed by atoms with van der Waals surface area (Å²) in [5, 5.41) is 5.20. The minimum atomic E-state index is -3.83. The van der Waals surface area contributed by atoms with Crippen LogP contribution in [0.2, 0.25) is 0 Å². The Hall–Kier alpha value is -2.91. The number of benzene rings is 2. The summed E-state index contributed by atoms with van der Waals surface area (Å²) in [6, 6.07) is 13.1. The van der Waals surface area contributed by atoms with E-state index in [1.54, 1.807) is 50.1 Å². The molecule has 1 aliphatic rings. The van der Waals surface area contributed by atoms with Crippen molar-refractivity contribution in [3.8, 4) is 5.75 Å². The van der Waals surface area contributed by atoms with E-state index >= 15 is 0 Å². The van der Waals surface area contributed by atoms with Gasteiger partial charge in [-0.25, -0.2) is 13.6 Å². The van der Waals surface area contributed by atoms with Gasteiger partial charge in [0.2, 0.25) is 15.9 Å². The van der Waals surface area contributed by atoms with Gasteiger partial charge in [-0.3, -0.25) is 9.59 Å². The fourth-order valence-corrected chi connectivity index (χ4v) is 3.93. The minimum Gasteiger partial charge on any atom is -0.479 e. The molecule has 9 heteroatoms. The predicted octanol–water partition coefficient (Wildman–Crippen LogP) is 2.06. The van der Waals surface area contributed by atoms with Crippen molar-refractivity contribution < 1.29 is 22.7 Å². The quantitative estimate of drug-likeness (QED) is 0.753. The summed E-state index contributed by atoms with van der Waals surface area (Å²) in [5.74, 6) is 0.240. The number of carbonyl (C=O) groups excluding carboxylic acids is 2. The van der Waals surface area contributed by atoms with Crippen molar-refractivity contribution >= 4 is 27.5 Å². The number of hydrogen-bond donors (Lipinski definition) is 1. The second-order valence-electron chi connectivity index (χ2n) is 7.27. The zero-order valence-corrected chi connectivity index (χ0v) is 17.9. The maximum Gasteiger partial charge on any atom is 0.267 e. The summed E-state index contributed by atoms with van der Waals surface area (Å²) in [5.41, 5.74) is 1.30. The van der Waals surface area contributed by atoms with Crippen molar-refractivity contribution in [1.82, 2.24) is 4.90 Å². The van der Waals surface area contributed by atoms with Gasteiger partial charge in [0, 0.05) is 20.0 Å². The number of primary sulfonamides is 1. The predicted molar refractivity (Wildman–Crippen MR) is 113 cm³/mol. The molecule has 0 bridgehead atoms. The molecule has 2 aromatic carbocycles. The van der Waals surface area contributed by atoms with Gasteiger partial charge in [0.05, 0.1) is 16.6 Å². The van der Waals surface area contributed by atoms with Crippen molar-refractivity contribution in [3.05, 3.63) is 54.1 Å². The van der Waals surface area contributed by atoms with Crippen LogP contribution in [0.25, 0.3) is 0 Å². The van der Waals surface area contributed by atoms with Crippen LogP contribution in [-0.4, -0.2) is 44.8 Å². The van der Waals surface area contributed by atoms with E-state index in [-0.39, 0.29) is 35.7 Å². The first-order valence-corrected chi connectivity index (χ1v) is 11.1. The van der Waals surface area contributed by atoms with Crippen LogP contribution in [0.4, 0.5) is 5.69 Å². The fourth-order valence-electron chi connectivity index (χ4n) is 3.36. The number of hydrogen-bond acceptors (Lipinski definition) is 5. The summed E-state index contributed by atoms with van der Waals surface area (Å²) >= 11 is 0. The van der Waals surface area contributed by atoms with E-state index in [0.717, 1.165) is 0 Å². The van der Waals surface area contributed by atoms with Gasteiger partial charge in [0.1, 0.15) is 5.75 Å². The molecule has 30 heavy (non-hydrogen) atoms. The van der Waals surface area contributed by atoms with Crippen LogP contribution in [0.15, 0.2) is 53.4 Å². The lowest BCUT2D eigenvalue weighted by molar-refractivity contribution is -0.131. The first-order valence-electron chi connectivity index (χ1n) is 9.55. The molecule has 2 N–H and O–H groups in total. The first-order chi connectivity index (χ1) is 14.1. The van der Waals surface area contributed by atoms with Gasteiger partial charge in [0.15, 0.2) is 6.10 Å². The van der Waals surface area contributed by atoms with Crippen LogP contribution in [0, 0.1) is 0 Å². The summed E-state index contributed by atoms with van der Waals surface area (Å²) in [4.78, 5) is 28.5. The molecule has 2 aromatic rings. The molecule has 2 amide bonds. The molecular weight excluding hydrogens is 406 g/mol. The zero-order chi connectivity index (χ0) is 22.1. The zero-order valence-electron chi connectivity index (χ0n) is 17.1. The average molecular weight is 432 g/mol. The summed E-state index contributed by atoms with van der Waals surface area (Å²) in [7, 11) is -2.18. The number of nitrogens with zero attached hydrogens (tertiary/aromatic N) is 2. The smallest absolute Gasteiger partial charge is 0.267 e. The highest BCUT2D eigenvalue weighted by molar-refractivity contribution is 7.89. The molecule has 0 fully saturated rings. The fraction of sp³-hybridized carbons (Fsp3) is 0.333. The van der Waals surface area contributed by atoms with E-state index < -0.39 is 16.1 Å². The third kappa shape index (κ3) is 4.47. The molecule has 2 atom stereocenters. The Kier molecular flexibility index (Phi) is 6.14. The number of ether oxygens (including phenoxy) is 1. The average Bonchev–Trinajstić information content (AvgIpc) is 2.72. The summed E-state index contributed by atoms with van der Waals surface area (Å²) in [6.45, 7) is 3.70. The Balaban J connectivity index is 1.71. The Morgan fingerprint density at radius 3 is 2.63 bits per heavy atom. The number of para-hydroxylation sites is 2. The molecule has 0 saturated carbocycles. The van der Waals surface area contributed by atoms with Crippen molar-refractivity contribution in [2.75, 3.05) is 18.5 Å². The van der Waals surface area contributed by atoms with Crippen LogP contribution in [0.5, 0.6) is 5.75 Å². The molecule has 1 aliphatic heterocycles. The van der Waals surface area contributed by atoms with Crippen LogP contribution in [0.1, 0.15) is 31.9 Å². The van der Waals surface area contributed by atoms with E-state index in [1.807, 2.05) is 12.1 Å². The van der Waals surface area contributed by atoms with Crippen molar-refractivity contribution in [3.63, 3.8) is 0 Å². The number of nitrogens with two attached hydrogens (primary N) is 1. The molecule has 0 saturated heterocycles. The van der Waals surface area contributed by atoms with Crippen molar-refractivity contribution in [1.29, 1.82) is 0 Å². The Bertz CT molecular complexity index is 1070. The highest BCUT2D eigenvalue weighted by atomic mass is 32.2. The van der Waals surface area contributed by atoms with Gasteiger partial charge in [0.25, 0.3) is 5.91 Å². The van der Waals surface area contributed by atoms with Crippen LogP contribution >= 0.6 is 0 Å². The van der Waals surface area contributed by atoms with Crippen LogP contribution < -0.4 is 14.8 Å². The first kappa shape index (κ1) is 21.8. The molecule has 1 heterocycles. The van der Waals surface area contributed by atoms with Crippen LogP contribution in [0.3, 0.4) is 0 Å². The molecule has 0 aliphatic carbocycles. The third-order valence-corrected chi connectivity index (χ3v) is 6.18. The van der Waals surface area contributed by atoms with Gasteiger partial charge in [-0.05, 0) is 43.7 Å². The van der Waals surface area contributed by atoms with Crippen molar-refractivity contribution in [2.45, 2.75) is 37.3 Å². The Morgan fingerprint density at radius 2 is 1.93 bits per heavy atom. The summed E-state index contributed by atoms with van der Waals surface area (Å²) < 4.78 is 28.8. The lowest BCUT2D eigenvalue weighted by Crippen LogP contribution is -2.46. The second kappa shape index (κ2) is 8.45. The molecule has 0 aromatic heterocycles. The third-order valence-electron chi connectivity index (χ3n) is 5.27. The van der Waals surface area contributed by atoms with Gasteiger partial charge >= 0.3 is 0 Å². The monoisotopic (exact) mass is 431 g/mol. The minimum absolute atomic E-state index is 0.00259. The van der Waals surface area contributed by atoms with Crippen LogP contribution in [-0.2, 0) is 19.6 Å². The second-order valence-corrected chi connectivity index (χ2v) is 8.83. The topological polar surface area (TPSA) is 110 Å². The number of rotatable bonds is 6. The Labute approximate surface area is 176 Å². The van der Waals surface area contributed by atoms with E-state index in [1.165, 1.54) is 17.0 Å². The van der Waals surface area contributed by atoms with E-state index in [9.17, 15) is 18.0 Å². The number of amides is 2. The number of anilines is 1. The molecule has 3 rings (SSSR count). The highest BCUT2D eigenvalue weighted by Crippen LogP contribution is 2.33. The Morgan fingerprint density at radius 1 is 1.23 bits per heavy atom. The lowest BCUT2D eigenvalue weighted by atomic mass is 10.1. The molecule has 0 spiro atoms. The van der Waals surface area contributed by atoms with Gasteiger partial charge in [-0.15, -0.1) is 0 Å². The molecule has 2 unspecified atom stereocenters. The van der Waals surface area contributed by atoms with Gasteiger partial charge in [-0.1, -0.05) is 24.3 Å². The summed E-state index contributed by atoms with van der Waals surface area (Å²) in [6.07, 6.45) is -0.504. The normalized spacial score (nSPS) is 17.1. The number of fused-ring (bicyclic) bond motifs is 1. The molecule has 160 valence electrons. The molecule has 0 radical (unpaired) electrons. The van der Waals surface area contributed by atoms with Gasteiger partial charge in [-0.2, -0.15) is 0 Å². The SMILES string of the molecule is CC1Oc2ccccc2N(CCC(=O)N(C)C(C)c2cccc(S(N)(=O)=O)c2)C1=O. The largest absolute Gasteiger partial charge is 0.479 e. The van der Waals surface area contributed by atoms with E-state index in [2.05, 4.69) is 0 Å². The van der Waals surface area contributed by atoms with Gasteiger partial charge < -0.3 is 14.5 Å². The van der Waals surface area contributed by atoms with E-state index in [4.69, 9.17) is 9.88 Å². The number of carbonyl (C=O) groups is 2.